The average molecular weight is 788 g/mol. The standard InChI is InChI=1S/C37H43N2O15S/c1-20-23-13-14-24-36-19-50-33(51-21(2)40)28(36)35(3,4)16-15-25(36)52-34(44)37(24,29(20)43)30(23)53-27(42)12-8-11-26(41)48-17-18-49-31-32(39(45)54-38-31)55(46,47)22-9-6-5-7-10-22/h5-7,9-10,23-25,28,30,33,38H,1,8,11-19H2,2-4H3/q+1/t23-,24-,25-,28+,30+,33-,36+,37-/m0/s1. The van der Waals surface area contributed by atoms with Gasteiger partial charge in [-0.25, -0.2) is 8.42 Å². The minimum absolute atomic E-state index is 0.0109. The van der Waals surface area contributed by atoms with Gasteiger partial charge in [0, 0.05) is 37.0 Å². The zero-order valence-corrected chi connectivity index (χ0v) is 31.4. The predicted molar refractivity (Wildman–Crippen MR) is 182 cm³/mol. The SMILES string of the molecule is C=C1C(=O)[C@@]23C(=O)O[C@H]4CCC(C)(C)[C@H]5[C@H](OC(C)=O)OC[C@@]45[C@@H]2CC[C@@H]1[C@H]3OC(=O)CCCC(=O)OCCOc1[nH]o[n+](=O)c1S(=O)(=O)c1ccccc1. The predicted octanol–water partition coefficient (Wildman–Crippen LogP) is 2.78. The molecule has 2 aliphatic heterocycles. The van der Waals surface area contributed by atoms with E-state index >= 15 is 0 Å². The van der Waals surface area contributed by atoms with Crippen molar-refractivity contribution in [3.05, 3.63) is 47.4 Å². The number of hydrogen-bond donors (Lipinski definition) is 1. The molecule has 2 bridgehead atoms. The third kappa shape index (κ3) is 6.07. The van der Waals surface area contributed by atoms with E-state index < -0.39 is 103 Å². The minimum atomic E-state index is -4.30. The molecule has 3 heterocycles. The quantitative estimate of drug-likeness (QED) is 0.107. The van der Waals surface area contributed by atoms with Crippen LogP contribution in [0.1, 0.15) is 65.7 Å². The lowest BCUT2D eigenvalue weighted by Gasteiger charge is -2.62. The van der Waals surface area contributed by atoms with Gasteiger partial charge in [-0.3, -0.25) is 24.0 Å². The summed E-state index contributed by atoms with van der Waals surface area (Å²) >= 11 is 0. The molecule has 296 valence electrons. The smallest absolute Gasteiger partial charge is 0.404 e. The molecule has 55 heavy (non-hydrogen) atoms. The monoisotopic (exact) mass is 787 g/mol. The molecule has 18 heteroatoms. The third-order valence-corrected chi connectivity index (χ3v) is 13.8. The summed E-state index contributed by atoms with van der Waals surface area (Å²) in [6.07, 6.45) is -1.02. The van der Waals surface area contributed by atoms with E-state index in [0.717, 1.165) is 0 Å². The second kappa shape index (κ2) is 14.0. The molecule has 7 rings (SSSR count). The molecule has 5 aliphatic rings. The minimum Gasteiger partial charge on any atom is -0.462 e. The number of fused-ring (bicyclic) bond motifs is 1. The Bertz CT molecular complexity index is 2090. The highest BCUT2D eigenvalue weighted by Crippen LogP contribution is 2.71. The topological polar surface area (TPSA) is 227 Å². The van der Waals surface area contributed by atoms with E-state index in [4.69, 9.17) is 28.4 Å². The molecule has 2 spiro atoms. The molecule has 1 aromatic heterocycles. The molecule has 1 aromatic carbocycles. The molecule has 0 unspecified atom stereocenters. The number of nitrogens with zero attached hydrogens (tertiary/aromatic N) is 1. The molecule has 17 nitrogen and oxygen atoms in total. The van der Waals surface area contributed by atoms with Crippen molar-refractivity contribution in [1.82, 2.24) is 5.16 Å². The van der Waals surface area contributed by atoms with Crippen molar-refractivity contribution < 1.29 is 70.0 Å². The van der Waals surface area contributed by atoms with Crippen LogP contribution < -0.4 is 9.34 Å². The van der Waals surface area contributed by atoms with Crippen LogP contribution in [0.4, 0.5) is 0 Å². The van der Waals surface area contributed by atoms with Crippen molar-refractivity contribution in [2.24, 2.45) is 34.0 Å². The molecular weight excluding hydrogens is 744 g/mol. The maximum atomic E-state index is 14.2. The fourth-order valence-electron chi connectivity index (χ4n) is 9.95. The number of Topliss-reactive ketones (excluding diaryl/α,β-unsaturated/α-hetero) is 1. The van der Waals surface area contributed by atoms with Crippen molar-refractivity contribution in [2.45, 2.75) is 94.1 Å². The van der Waals surface area contributed by atoms with Crippen LogP contribution in [-0.4, -0.2) is 81.6 Å². The highest BCUT2D eigenvalue weighted by Gasteiger charge is 2.81. The van der Waals surface area contributed by atoms with E-state index in [2.05, 4.69) is 30.2 Å². The van der Waals surface area contributed by atoms with E-state index in [1.807, 2.05) is 0 Å². The molecule has 3 aliphatic carbocycles. The molecule has 2 saturated heterocycles. The van der Waals surface area contributed by atoms with Crippen LogP contribution in [0.2, 0.25) is 0 Å². The number of nitrogens with one attached hydrogen (secondary N) is 1. The summed E-state index contributed by atoms with van der Waals surface area (Å²) in [5.74, 6) is -5.33. The second-order valence-electron chi connectivity index (χ2n) is 15.5. The summed E-state index contributed by atoms with van der Waals surface area (Å²) < 4.78 is 64.7. The highest BCUT2D eigenvalue weighted by molar-refractivity contribution is 7.91. The summed E-state index contributed by atoms with van der Waals surface area (Å²) in [5, 5.41) is 1.28. The van der Waals surface area contributed by atoms with Gasteiger partial charge in [0.1, 0.15) is 25.4 Å². The molecule has 2 aromatic rings. The molecule has 3 saturated carbocycles. The molecule has 5 fully saturated rings. The van der Waals surface area contributed by atoms with E-state index in [9.17, 15) is 37.3 Å². The first kappa shape index (κ1) is 38.4. The fraction of sp³-hybridized carbons (Fsp3) is 0.595. The average Bonchev–Trinajstić information content (AvgIpc) is 3.74. The van der Waals surface area contributed by atoms with Gasteiger partial charge in [0.15, 0.2) is 11.2 Å². The number of carbonyl (C=O) groups is 5. The fourth-order valence-corrected chi connectivity index (χ4v) is 11.3. The van der Waals surface area contributed by atoms with E-state index in [-0.39, 0.29) is 54.2 Å². The summed E-state index contributed by atoms with van der Waals surface area (Å²) in [6.45, 7) is 8.86. The van der Waals surface area contributed by atoms with E-state index in [0.29, 0.717) is 25.7 Å². The van der Waals surface area contributed by atoms with Crippen molar-refractivity contribution >= 4 is 39.5 Å². The van der Waals surface area contributed by atoms with Gasteiger partial charge in [-0.05, 0) is 71.2 Å². The van der Waals surface area contributed by atoms with Crippen molar-refractivity contribution in [2.75, 3.05) is 19.8 Å². The Morgan fingerprint density at radius 1 is 1.02 bits per heavy atom. The van der Waals surface area contributed by atoms with E-state index in [1.54, 1.807) is 6.07 Å². The van der Waals surface area contributed by atoms with Gasteiger partial charge in [-0.15, -0.1) is 0 Å². The molecule has 8 atom stereocenters. The first-order valence-electron chi connectivity index (χ1n) is 18.2. The number of hydrogen-bond acceptors (Lipinski definition) is 15. The lowest BCUT2D eigenvalue weighted by atomic mass is 9.43. The highest BCUT2D eigenvalue weighted by atomic mass is 32.2. The first-order chi connectivity index (χ1) is 26.1. The van der Waals surface area contributed by atoms with Crippen LogP contribution in [0.3, 0.4) is 0 Å². The Kier molecular flexibility index (Phi) is 9.80. The van der Waals surface area contributed by atoms with Gasteiger partial charge in [-0.2, -0.15) is 0 Å². The van der Waals surface area contributed by atoms with E-state index in [1.165, 1.54) is 31.2 Å². The number of carbonyl (C=O) groups excluding carboxylic acids is 5. The van der Waals surface area contributed by atoms with Crippen LogP contribution >= 0.6 is 0 Å². The number of sulfone groups is 1. The summed E-state index contributed by atoms with van der Waals surface area (Å²) in [5.41, 5.74) is -2.95. The number of ether oxygens (including phenoxy) is 6. The first-order valence-corrected chi connectivity index (χ1v) is 19.7. The number of esters is 4. The second-order valence-corrected chi connectivity index (χ2v) is 17.4. The normalized spacial score (nSPS) is 31.7. The van der Waals surface area contributed by atoms with Gasteiger partial charge < -0.3 is 28.4 Å². The Morgan fingerprint density at radius 3 is 2.47 bits per heavy atom. The largest absolute Gasteiger partial charge is 0.462 e. The number of aromatic amines is 1. The number of H-pyrrole nitrogens is 1. The van der Waals surface area contributed by atoms with Crippen LogP contribution in [0.5, 0.6) is 5.88 Å². The summed E-state index contributed by atoms with van der Waals surface area (Å²) in [4.78, 5) is 78.3. The Morgan fingerprint density at radius 2 is 1.75 bits per heavy atom. The Balaban J connectivity index is 0.978. The van der Waals surface area contributed by atoms with Crippen molar-refractivity contribution in [1.29, 1.82) is 0 Å². The van der Waals surface area contributed by atoms with Gasteiger partial charge >= 0.3 is 34.8 Å². The summed E-state index contributed by atoms with van der Waals surface area (Å²) in [6, 6.07) is 7.18. The van der Waals surface area contributed by atoms with Crippen LogP contribution in [0.25, 0.3) is 0 Å². The maximum Gasteiger partial charge on any atom is 0.404 e. The zero-order valence-electron chi connectivity index (χ0n) is 30.6. The number of ketones is 1. The molecule has 0 radical (unpaired) electrons. The lowest BCUT2D eigenvalue weighted by molar-refractivity contribution is -0.744. The van der Waals surface area contributed by atoms with Gasteiger partial charge in [0.25, 0.3) is 9.84 Å². The number of rotatable bonds is 12. The zero-order chi connectivity index (χ0) is 39.5. The van der Waals surface area contributed by atoms with Crippen LogP contribution in [0.15, 0.2) is 57.0 Å². The van der Waals surface area contributed by atoms with Crippen molar-refractivity contribution in [3.8, 4) is 5.88 Å². The van der Waals surface area contributed by atoms with Gasteiger partial charge in [0.2, 0.25) is 10.9 Å². The van der Waals surface area contributed by atoms with Crippen LogP contribution in [0, 0.1) is 38.9 Å². The Labute approximate surface area is 315 Å². The van der Waals surface area contributed by atoms with Crippen molar-refractivity contribution in [3.63, 3.8) is 0 Å². The molecular formula is C37H43N2O15S+. The third-order valence-electron chi connectivity index (χ3n) is 12.1. The molecule has 1 N–H and O–H groups in total. The van der Waals surface area contributed by atoms with Gasteiger partial charge in [0.05, 0.1) is 11.5 Å². The number of aromatic nitrogens is 2. The summed E-state index contributed by atoms with van der Waals surface area (Å²) in [7, 11) is -4.30. The molecule has 0 amide bonds. The Hall–Kier alpha value is -4.84. The van der Waals surface area contributed by atoms with Gasteiger partial charge in [-0.1, -0.05) is 43.3 Å². The maximum absolute atomic E-state index is 14.2. The number of benzene rings is 1. The lowest BCUT2D eigenvalue weighted by Crippen LogP contribution is -2.71. The van der Waals surface area contributed by atoms with Crippen LogP contribution in [-0.2, 0) is 57.5 Å².